The number of carbonyl (C=O) groups excluding carboxylic acids is 1. The zero-order valence-electron chi connectivity index (χ0n) is 18.2. The Morgan fingerprint density at radius 2 is 2.00 bits per heavy atom. The fraction of sp³-hybridized carbons (Fsp3) is 0.261. The van der Waals surface area contributed by atoms with Crippen LogP contribution >= 0.6 is 23.4 Å². The lowest BCUT2D eigenvalue weighted by molar-refractivity contribution is -0.113. The Balaban J connectivity index is 1.67. The molecule has 2 aromatic carbocycles. The lowest BCUT2D eigenvalue weighted by Gasteiger charge is -2.13. The molecule has 0 radical (unpaired) electrons. The number of ether oxygens (including phenoxy) is 2. The van der Waals surface area contributed by atoms with Crippen LogP contribution in [0.1, 0.15) is 17.0 Å². The zero-order chi connectivity index (χ0) is 23.1. The lowest BCUT2D eigenvalue weighted by atomic mass is 10.1. The van der Waals surface area contributed by atoms with Crippen LogP contribution in [-0.4, -0.2) is 33.5 Å². The molecule has 3 rings (SSSR count). The van der Waals surface area contributed by atoms with Gasteiger partial charge in [-0.3, -0.25) is 9.36 Å². The van der Waals surface area contributed by atoms with Crippen LogP contribution in [-0.2, 0) is 17.9 Å². The number of halogens is 1. The van der Waals surface area contributed by atoms with E-state index in [4.69, 9.17) is 21.1 Å². The van der Waals surface area contributed by atoms with Crippen molar-refractivity contribution in [2.24, 2.45) is 0 Å². The summed E-state index contributed by atoms with van der Waals surface area (Å²) in [6.07, 6.45) is 1.76. The molecular weight excluding hydrogens is 448 g/mol. The highest BCUT2D eigenvalue weighted by Crippen LogP contribution is 2.28. The third-order valence-corrected chi connectivity index (χ3v) is 5.83. The van der Waals surface area contributed by atoms with Gasteiger partial charge in [0, 0.05) is 11.6 Å². The van der Waals surface area contributed by atoms with Gasteiger partial charge in [-0.25, -0.2) is 0 Å². The van der Waals surface area contributed by atoms with Crippen LogP contribution in [0.3, 0.4) is 0 Å². The molecule has 0 unspecified atom stereocenters. The second-order valence-corrected chi connectivity index (χ2v) is 8.37. The number of para-hydroxylation sites is 1. The van der Waals surface area contributed by atoms with E-state index in [0.29, 0.717) is 34.0 Å². The Bertz CT molecular complexity index is 1100. The first-order valence-electron chi connectivity index (χ1n) is 9.91. The highest BCUT2D eigenvalue weighted by molar-refractivity contribution is 7.99. The Hall–Kier alpha value is -2.97. The summed E-state index contributed by atoms with van der Waals surface area (Å²) in [7, 11) is 1.54. The molecule has 0 atom stereocenters. The fourth-order valence-corrected chi connectivity index (χ4v) is 4.04. The molecule has 32 heavy (non-hydrogen) atoms. The minimum Gasteiger partial charge on any atom is -0.495 e. The molecule has 1 aromatic heterocycles. The van der Waals surface area contributed by atoms with E-state index in [1.54, 1.807) is 24.3 Å². The lowest BCUT2D eigenvalue weighted by Crippen LogP contribution is -2.15. The topological polar surface area (TPSA) is 78.3 Å². The van der Waals surface area contributed by atoms with Crippen molar-refractivity contribution >= 4 is 35.0 Å². The van der Waals surface area contributed by atoms with Crippen LogP contribution in [0.25, 0.3) is 0 Å². The van der Waals surface area contributed by atoms with E-state index in [1.165, 1.54) is 18.9 Å². The Kier molecular flexibility index (Phi) is 8.19. The molecule has 1 amide bonds. The number of methoxy groups -OCH3 is 1. The molecule has 9 heteroatoms. The van der Waals surface area contributed by atoms with Gasteiger partial charge in [0.25, 0.3) is 0 Å². The summed E-state index contributed by atoms with van der Waals surface area (Å²) in [5.41, 5.74) is 2.63. The minimum absolute atomic E-state index is 0.142. The molecule has 1 heterocycles. The van der Waals surface area contributed by atoms with Crippen molar-refractivity contribution in [2.75, 3.05) is 18.2 Å². The highest BCUT2D eigenvalue weighted by atomic mass is 35.5. The predicted octanol–water partition coefficient (Wildman–Crippen LogP) is 5.05. The van der Waals surface area contributed by atoms with Gasteiger partial charge in [-0.15, -0.1) is 16.8 Å². The van der Waals surface area contributed by atoms with Crippen LogP contribution in [0.15, 0.2) is 54.2 Å². The number of aryl methyl sites for hydroxylation is 2. The number of rotatable bonds is 10. The van der Waals surface area contributed by atoms with Crippen LogP contribution in [0.5, 0.6) is 11.5 Å². The largest absolute Gasteiger partial charge is 0.495 e. The summed E-state index contributed by atoms with van der Waals surface area (Å²) in [6.45, 7) is 8.59. The van der Waals surface area contributed by atoms with Gasteiger partial charge in [0.1, 0.15) is 18.1 Å². The molecule has 7 nitrogen and oxygen atoms in total. The standard InChI is InChI=1S/C23H25ClN4O3S/c1-5-11-28-20(13-31-22-15(2)7-6-8-16(22)3)26-27-23(28)32-14-21(29)25-18-12-17(24)9-10-19(18)30-4/h5-10,12H,1,11,13-14H2,2-4H3,(H,25,29). The van der Waals surface area contributed by atoms with Gasteiger partial charge in [0.05, 0.1) is 18.6 Å². The summed E-state index contributed by atoms with van der Waals surface area (Å²) in [5.74, 6) is 1.96. The molecule has 0 bridgehead atoms. The second-order valence-electron chi connectivity index (χ2n) is 6.99. The second kappa shape index (κ2) is 11.1. The molecule has 1 N–H and O–H groups in total. The van der Waals surface area contributed by atoms with Crippen LogP contribution in [0.2, 0.25) is 5.02 Å². The summed E-state index contributed by atoms with van der Waals surface area (Å²) < 4.78 is 13.2. The van der Waals surface area contributed by atoms with E-state index in [9.17, 15) is 4.79 Å². The number of hydrogen-bond donors (Lipinski definition) is 1. The SMILES string of the molecule is C=CCn1c(COc2c(C)cccc2C)nnc1SCC(=O)Nc1cc(Cl)ccc1OC. The molecule has 0 aliphatic rings. The van der Waals surface area contributed by atoms with E-state index in [1.807, 2.05) is 36.6 Å². The molecule has 0 fully saturated rings. The van der Waals surface area contributed by atoms with Gasteiger partial charge in [-0.1, -0.05) is 47.6 Å². The average molecular weight is 473 g/mol. The van der Waals surface area contributed by atoms with E-state index in [-0.39, 0.29) is 18.3 Å². The van der Waals surface area contributed by atoms with Gasteiger partial charge >= 0.3 is 0 Å². The van der Waals surface area contributed by atoms with Crippen LogP contribution in [0, 0.1) is 13.8 Å². The Labute approximate surface area is 196 Å². The number of benzene rings is 2. The van der Waals surface area contributed by atoms with E-state index in [2.05, 4.69) is 22.1 Å². The molecule has 0 spiro atoms. The Morgan fingerprint density at radius 3 is 2.69 bits per heavy atom. The van der Waals surface area contributed by atoms with Gasteiger partial charge in [0.15, 0.2) is 11.0 Å². The quantitative estimate of drug-likeness (QED) is 0.328. The maximum absolute atomic E-state index is 12.5. The smallest absolute Gasteiger partial charge is 0.234 e. The minimum atomic E-state index is -0.211. The number of nitrogens with zero attached hydrogens (tertiary/aromatic N) is 3. The van der Waals surface area contributed by atoms with Gasteiger partial charge in [-0.05, 0) is 43.2 Å². The first-order valence-corrected chi connectivity index (χ1v) is 11.3. The molecule has 168 valence electrons. The number of allylic oxidation sites excluding steroid dienone is 1. The third kappa shape index (κ3) is 5.83. The summed E-state index contributed by atoms with van der Waals surface area (Å²) in [5, 5.41) is 12.4. The summed E-state index contributed by atoms with van der Waals surface area (Å²) in [6, 6.07) is 11.1. The molecule has 0 saturated heterocycles. The number of carbonyl (C=O) groups is 1. The first-order chi connectivity index (χ1) is 15.4. The monoisotopic (exact) mass is 472 g/mol. The van der Waals surface area contributed by atoms with Crippen molar-refractivity contribution in [1.29, 1.82) is 0 Å². The first kappa shape index (κ1) is 23.7. The maximum Gasteiger partial charge on any atom is 0.234 e. The molecular formula is C23H25ClN4O3S. The van der Waals surface area contributed by atoms with E-state index < -0.39 is 0 Å². The highest BCUT2D eigenvalue weighted by Gasteiger charge is 2.16. The number of nitrogens with one attached hydrogen (secondary N) is 1. The number of anilines is 1. The van der Waals surface area contributed by atoms with Crippen LogP contribution in [0.4, 0.5) is 5.69 Å². The number of hydrogen-bond acceptors (Lipinski definition) is 6. The third-order valence-electron chi connectivity index (χ3n) is 4.63. The fourth-order valence-electron chi connectivity index (χ4n) is 3.10. The summed E-state index contributed by atoms with van der Waals surface area (Å²) >= 11 is 7.31. The number of aromatic nitrogens is 3. The van der Waals surface area contributed by atoms with Gasteiger partial charge < -0.3 is 14.8 Å². The van der Waals surface area contributed by atoms with Crippen molar-refractivity contribution in [3.63, 3.8) is 0 Å². The van der Waals surface area contributed by atoms with Crippen molar-refractivity contribution < 1.29 is 14.3 Å². The molecule has 0 aliphatic carbocycles. The normalized spacial score (nSPS) is 10.6. The molecule has 0 aliphatic heterocycles. The predicted molar refractivity (Wildman–Crippen MR) is 128 cm³/mol. The van der Waals surface area contributed by atoms with Crippen molar-refractivity contribution in [2.45, 2.75) is 32.2 Å². The zero-order valence-corrected chi connectivity index (χ0v) is 19.8. The Morgan fingerprint density at radius 1 is 1.25 bits per heavy atom. The van der Waals surface area contributed by atoms with Crippen molar-refractivity contribution in [3.8, 4) is 11.5 Å². The van der Waals surface area contributed by atoms with Gasteiger partial charge in [0.2, 0.25) is 5.91 Å². The average Bonchev–Trinajstić information content (AvgIpc) is 3.14. The van der Waals surface area contributed by atoms with E-state index >= 15 is 0 Å². The van der Waals surface area contributed by atoms with Gasteiger partial charge in [-0.2, -0.15) is 0 Å². The number of thioether (sulfide) groups is 1. The van der Waals surface area contributed by atoms with E-state index in [0.717, 1.165) is 16.9 Å². The van der Waals surface area contributed by atoms with Crippen molar-refractivity contribution in [3.05, 3.63) is 71.0 Å². The molecule has 0 saturated carbocycles. The van der Waals surface area contributed by atoms with Crippen LogP contribution < -0.4 is 14.8 Å². The maximum atomic E-state index is 12.5. The summed E-state index contributed by atoms with van der Waals surface area (Å²) in [4.78, 5) is 12.5. The van der Waals surface area contributed by atoms with Crippen molar-refractivity contribution in [1.82, 2.24) is 14.8 Å². The number of amides is 1. The molecule has 3 aromatic rings.